The minimum absolute atomic E-state index is 0.0690. The van der Waals surface area contributed by atoms with Crippen LogP contribution in [0.2, 0.25) is 0 Å². The molecule has 1 aromatic heterocycles. The monoisotopic (exact) mass is 331 g/mol. The van der Waals surface area contributed by atoms with Gasteiger partial charge in [0, 0.05) is 34.4 Å². The molecule has 4 rings (SSSR count). The van der Waals surface area contributed by atoms with Gasteiger partial charge in [0.25, 0.3) is 11.8 Å². The lowest BCUT2D eigenvalue weighted by Gasteiger charge is -2.09. The molecule has 0 radical (unpaired) electrons. The summed E-state index contributed by atoms with van der Waals surface area (Å²) in [6.07, 6.45) is 3.81. The largest absolute Gasteiger partial charge is 0.349 e. The van der Waals surface area contributed by atoms with Gasteiger partial charge in [0.05, 0.1) is 5.52 Å². The van der Waals surface area contributed by atoms with Crippen LogP contribution >= 0.6 is 0 Å². The molecule has 0 unspecified atom stereocenters. The summed E-state index contributed by atoms with van der Waals surface area (Å²) in [6.45, 7) is 0. The van der Waals surface area contributed by atoms with Gasteiger partial charge in [0.1, 0.15) is 0 Å². The number of rotatable bonds is 4. The molecule has 124 valence electrons. The molecule has 0 spiro atoms. The van der Waals surface area contributed by atoms with Crippen LogP contribution in [0.1, 0.15) is 33.6 Å². The predicted octanol–water partition coefficient (Wildman–Crippen LogP) is 3.38. The van der Waals surface area contributed by atoms with E-state index in [0.29, 0.717) is 22.9 Å². The van der Waals surface area contributed by atoms with Crippen LogP contribution in [0.15, 0.2) is 60.8 Å². The van der Waals surface area contributed by atoms with Gasteiger partial charge < -0.3 is 10.6 Å². The molecule has 1 heterocycles. The molecule has 0 atom stereocenters. The molecule has 0 saturated heterocycles. The summed E-state index contributed by atoms with van der Waals surface area (Å²) >= 11 is 0. The Morgan fingerprint density at radius 2 is 1.72 bits per heavy atom. The molecule has 2 N–H and O–H groups in total. The van der Waals surface area contributed by atoms with Gasteiger partial charge in [0.2, 0.25) is 0 Å². The van der Waals surface area contributed by atoms with E-state index in [9.17, 15) is 9.59 Å². The average Bonchev–Trinajstić information content (AvgIpc) is 3.45. The number of hydrogen-bond donors (Lipinski definition) is 2. The van der Waals surface area contributed by atoms with Gasteiger partial charge in [-0.1, -0.05) is 12.1 Å². The van der Waals surface area contributed by atoms with Crippen molar-refractivity contribution in [2.24, 2.45) is 0 Å². The number of fused-ring (bicyclic) bond motifs is 1. The van der Waals surface area contributed by atoms with Crippen molar-refractivity contribution in [2.75, 3.05) is 5.32 Å². The van der Waals surface area contributed by atoms with Crippen LogP contribution < -0.4 is 10.6 Å². The van der Waals surface area contributed by atoms with E-state index in [-0.39, 0.29) is 11.8 Å². The summed E-state index contributed by atoms with van der Waals surface area (Å²) < 4.78 is 0. The third-order valence-electron chi connectivity index (χ3n) is 4.21. The quantitative estimate of drug-likeness (QED) is 0.770. The predicted molar refractivity (Wildman–Crippen MR) is 96.6 cm³/mol. The van der Waals surface area contributed by atoms with E-state index < -0.39 is 0 Å². The molecule has 1 aliphatic carbocycles. The van der Waals surface area contributed by atoms with Crippen molar-refractivity contribution in [3.63, 3.8) is 0 Å². The first kappa shape index (κ1) is 15.3. The van der Waals surface area contributed by atoms with Crippen molar-refractivity contribution in [1.82, 2.24) is 10.3 Å². The fourth-order valence-corrected chi connectivity index (χ4v) is 2.70. The highest BCUT2D eigenvalue weighted by molar-refractivity contribution is 6.12. The van der Waals surface area contributed by atoms with E-state index >= 15 is 0 Å². The minimum Gasteiger partial charge on any atom is -0.349 e. The van der Waals surface area contributed by atoms with E-state index in [2.05, 4.69) is 15.6 Å². The topological polar surface area (TPSA) is 71.1 Å². The molecule has 0 aliphatic heterocycles. The van der Waals surface area contributed by atoms with Crippen molar-refractivity contribution in [1.29, 1.82) is 0 Å². The number of nitrogens with one attached hydrogen (secondary N) is 2. The molecule has 5 nitrogen and oxygen atoms in total. The Labute approximate surface area is 145 Å². The molecular weight excluding hydrogens is 314 g/mol. The van der Waals surface area contributed by atoms with Crippen molar-refractivity contribution in [3.05, 3.63) is 71.9 Å². The normalized spacial score (nSPS) is 13.4. The summed E-state index contributed by atoms with van der Waals surface area (Å²) in [4.78, 5) is 28.8. The Morgan fingerprint density at radius 1 is 0.920 bits per heavy atom. The maximum atomic E-state index is 12.6. The van der Waals surface area contributed by atoms with Crippen molar-refractivity contribution < 1.29 is 9.59 Å². The Kier molecular flexibility index (Phi) is 3.90. The molecule has 1 fully saturated rings. The summed E-state index contributed by atoms with van der Waals surface area (Å²) in [7, 11) is 0. The maximum absolute atomic E-state index is 12.6. The SMILES string of the molecule is O=C(NC1CC1)c1ccc(NC(=O)c2cccc3ncccc23)cc1. The molecule has 0 bridgehead atoms. The first-order valence-corrected chi connectivity index (χ1v) is 8.27. The second-order valence-electron chi connectivity index (χ2n) is 6.15. The number of carbonyl (C=O) groups excluding carboxylic acids is 2. The molecular formula is C20H17N3O2. The van der Waals surface area contributed by atoms with Crippen LogP contribution in [-0.2, 0) is 0 Å². The lowest BCUT2D eigenvalue weighted by Crippen LogP contribution is -2.25. The summed E-state index contributed by atoms with van der Waals surface area (Å²) in [5, 5.41) is 6.62. The Morgan fingerprint density at radius 3 is 2.48 bits per heavy atom. The van der Waals surface area contributed by atoms with Gasteiger partial charge in [-0.15, -0.1) is 0 Å². The highest BCUT2D eigenvalue weighted by atomic mass is 16.2. The van der Waals surface area contributed by atoms with E-state index in [1.165, 1.54) is 0 Å². The maximum Gasteiger partial charge on any atom is 0.256 e. The Hall–Kier alpha value is -3.21. The molecule has 2 amide bonds. The zero-order valence-electron chi connectivity index (χ0n) is 13.5. The number of aromatic nitrogens is 1. The van der Waals surface area contributed by atoms with Crippen LogP contribution in [0, 0.1) is 0 Å². The van der Waals surface area contributed by atoms with Crippen LogP contribution in [0.3, 0.4) is 0 Å². The average molecular weight is 331 g/mol. The van der Waals surface area contributed by atoms with Crippen LogP contribution in [0.4, 0.5) is 5.69 Å². The van der Waals surface area contributed by atoms with Crippen LogP contribution in [0.25, 0.3) is 10.9 Å². The second-order valence-corrected chi connectivity index (χ2v) is 6.15. The highest BCUT2D eigenvalue weighted by Gasteiger charge is 2.23. The van der Waals surface area contributed by atoms with E-state index in [1.807, 2.05) is 24.3 Å². The number of benzene rings is 2. The van der Waals surface area contributed by atoms with Gasteiger partial charge in [-0.05, 0) is 55.3 Å². The number of amides is 2. The number of carbonyl (C=O) groups is 2. The highest BCUT2D eigenvalue weighted by Crippen LogP contribution is 2.20. The zero-order chi connectivity index (χ0) is 17.2. The first-order valence-electron chi connectivity index (χ1n) is 8.27. The van der Waals surface area contributed by atoms with E-state index in [4.69, 9.17) is 0 Å². The number of nitrogens with zero attached hydrogens (tertiary/aromatic N) is 1. The lowest BCUT2D eigenvalue weighted by atomic mass is 10.1. The fourth-order valence-electron chi connectivity index (χ4n) is 2.70. The number of pyridine rings is 1. The van der Waals surface area contributed by atoms with Gasteiger partial charge in [-0.2, -0.15) is 0 Å². The van der Waals surface area contributed by atoms with Gasteiger partial charge >= 0.3 is 0 Å². The van der Waals surface area contributed by atoms with Crippen molar-refractivity contribution >= 4 is 28.4 Å². The summed E-state index contributed by atoms with van der Waals surface area (Å²) in [6, 6.07) is 16.4. The third kappa shape index (κ3) is 3.35. The third-order valence-corrected chi connectivity index (χ3v) is 4.21. The number of hydrogen-bond acceptors (Lipinski definition) is 3. The first-order chi connectivity index (χ1) is 12.2. The summed E-state index contributed by atoms with van der Waals surface area (Å²) in [5.41, 5.74) is 2.59. The van der Waals surface area contributed by atoms with Gasteiger partial charge in [-0.3, -0.25) is 14.6 Å². The smallest absolute Gasteiger partial charge is 0.256 e. The second kappa shape index (κ2) is 6.36. The van der Waals surface area contributed by atoms with Crippen LogP contribution in [-0.4, -0.2) is 22.8 Å². The van der Waals surface area contributed by atoms with Crippen molar-refractivity contribution in [2.45, 2.75) is 18.9 Å². The standard InChI is InChI=1S/C20H17N3O2/c24-19(22-15-10-11-15)13-6-8-14(9-7-13)23-20(25)17-3-1-5-18-16(17)4-2-12-21-18/h1-9,12,15H,10-11H2,(H,22,24)(H,23,25). The molecule has 25 heavy (non-hydrogen) atoms. The number of anilines is 1. The Balaban J connectivity index is 1.51. The summed E-state index contributed by atoms with van der Waals surface area (Å²) in [5.74, 6) is -0.269. The molecule has 3 aromatic rings. The molecule has 1 saturated carbocycles. The minimum atomic E-state index is -0.200. The molecule has 1 aliphatic rings. The van der Waals surface area contributed by atoms with Gasteiger partial charge in [-0.25, -0.2) is 0 Å². The molecule has 5 heteroatoms. The van der Waals surface area contributed by atoms with E-state index in [1.54, 1.807) is 36.5 Å². The Bertz CT molecular complexity index is 941. The lowest BCUT2D eigenvalue weighted by molar-refractivity contribution is 0.0950. The van der Waals surface area contributed by atoms with Gasteiger partial charge in [0.15, 0.2) is 0 Å². The molecule has 2 aromatic carbocycles. The fraction of sp³-hybridized carbons (Fsp3) is 0.150. The van der Waals surface area contributed by atoms with Crippen molar-refractivity contribution in [3.8, 4) is 0 Å². The zero-order valence-corrected chi connectivity index (χ0v) is 13.5. The van der Waals surface area contributed by atoms with Crippen LogP contribution in [0.5, 0.6) is 0 Å². The van der Waals surface area contributed by atoms with E-state index in [0.717, 1.165) is 23.7 Å².